The SMILES string of the molecule is COc1cc2nccc(Oc3ccc(NC(=O)c4cn(CC5CC5)c(=O)n(CC5CC5)c4=O)cc3F)c2cc1OC. The number of ether oxygens (including phenoxy) is 3. The van der Waals surface area contributed by atoms with Gasteiger partial charge in [0.25, 0.3) is 11.5 Å². The largest absolute Gasteiger partial charge is 0.493 e. The quantitative estimate of drug-likeness (QED) is 0.302. The molecule has 41 heavy (non-hydrogen) atoms. The van der Waals surface area contributed by atoms with Gasteiger partial charge in [-0.15, -0.1) is 0 Å². The predicted molar refractivity (Wildman–Crippen MR) is 150 cm³/mol. The summed E-state index contributed by atoms with van der Waals surface area (Å²) in [4.78, 5) is 43.6. The third-order valence-corrected chi connectivity index (χ3v) is 7.39. The van der Waals surface area contributed by atoms with Gasteiger partial charge in [0.05, 0.1) is 19.7 Å². The summed E-state index contributed by atoms with van der Waals surface area (Å²) in [5.74, 6) is 0.453. The van der Waals surface area contributed by atoms with Gasteiger partial charge in [-0.05, 0) is 61.8 Å². The van der Waals surface area contributed by atoms with Crippen LogP contribution in [0.15, 0.2) is 58.4 Å². The molecular weight excluding hydrogens is 531 g/mol. The van der Waals surface area contributed by atoms with Crippen LogP contribution in [0.1, 0.15) is 36.0 Å². The van der Waals surface area contributed by atoms with Crippen LogP contribution in [-0.2, 0) is 13.1 Å². The molecule has 0 unspecified atom stereocenters. The highest BCUT2D eigenvalue weighted by Crippen LogP contribution is 2.37. The van der Waals surface area contributed by atoms with E-state index in [-0.39, 0.29) is 22.9 Å². The molecule has 0 atom stereocenters. The van der Waals surface area contributed by atoms with Crippen LogP contribution < -0.4 is 30.8 Å². The van der Waals surface area contributed by atoms with Crippen molar-refractivity contribution in [3.05, 3.63) is 81.0 Å². The molecule has 2 aliphatic rings. The maximum atomic E-state index is 15.2. The van der Waals surface area contributed by atoms with Crippen molar-refractivity contribution in [3.63, 3.8) is 0 Å². The number of nitrogens with one attached hydrogen (secondary N) is 1. The highest BCUT2D eigenvalue weighted by molar-refractivity contribution is 6.03. The molecule has 10 nitrogen and oxygen atoms in total. The minimum atomic E-state index is -0.724. The fourth-order valence-corrected chi connectivity index (χ4v) is 4.75. The van der Waals surface area contributed by atoms with Gasteiger partial charge in [0.1, 0.15) is 11.3 Å². The van der Waals surface area contributed by atoms with Crippen LogP contribution in [-0.4, -0.2) is 34.2 Å². The molecule has 2 heterocycles. The predicted octanol–water partition coefficient (Wildman–Crippen LogP) is 4.58. The highest BCUT2D eigenvalue weighted by atomic mass is 19.1. The molecule has 0 radical (unpaired) electrons. The lowest BCUT2D eigenvalue weighted by molar-refractivity contribution is 0.102. The number of rotatable bonds is 10. The second kappa shape index (κ2) is 10.7. The van der Waals surface area contributed by atoms with Crippen molar-refractivity contribution in [2.24, 2.45) is 11.8 Å². The van der Waals surface area contributed by atoms with Crippen molar-refractivity contribution in [2.75, 3.05) is 19.5 Å². The van der Waals surface area contributed by atoms with Gasteiger partial charge in [0.2, 0.25) is 0 Å². The zero-order chi connectivity index (χ0) is 28.7. The molecule has 6 rings (SSSR count). The molecule has 11 heteroatoms. The van der Waals surface area contributed by atoms with Crippen molar-refractivity contribution in [2.45, 2.75) is 38.8 Å². The topological polar surface area (TPSA) is 114 Å². The monoisotopic (exact) mass is 560 g/mol. The number of benzene rings is 2. The summed E-state index contributed by atoms with van der Waals surface area (Å²) in [7, 11) is 3.03. The minimum Gasteiger partial charge on any atom is -0.493 e. The number of carbonyl (C=O) groups excluding carboxylic acids is 1. The molecule has 212 valence electrons. The van der Waals surface area contributed by atoms with Crippen molar-refractivity contribution in [3.8, 4) is 23.0 Å². The summed E-state index contributed by atoms with van der Waals surface area (Å²) in [6.07, 6.45) is 6.80. The zero-order valence-electron chi connectivity index (χ0n) is 22.7. The molecule has 4 aromatic rings. The van der Waals surface area contributed by atoms with Crippen LogP contribution >= 0.6 is 0 Å². The Labute approximate surface area is 234 Å². The Hall–Kier alpha value is -4.67. The molecule has 2 aromatic heterocycles. The number of amides is 1. The van der Waals surface area contributed by atoms with Gasteiger partial charge in [0.15, 0.2) is 23.1 Å². The Bertz CT molecular complexity index is 1770. The molecule has 1 amide bonds. The lowest BCUT2D eigenvalue weighted by Crippen LogP contribution is -2.43. The van der Waals surface area contributed by atoms with Gasteiger partial charge < -0.3 is 19.5 Å². The number of hydrogen-bond donors (Lipinski definition) is 1. The molecule has 0 bridgehead atoms. The number of aromatic nitrogens is 3. The third kappa shape index (κ3) is 5.52. The number of fused-ring (bicyclic) bond motifs is 1. The number of pyridine rings is 1. The van der Waals surface area contributed by atoms with Gasteiger partial charge in [-0.25, -0.2) is 9.18 Å². The molecule has 0 spiro atoms. The molecule has 2 aromatic carbocycles. The van der Waals surface area contributed by atoms with Crippen LogP contribution in [0, 0.1) is 17.7 Å². The van der Waals surface area contributed by atoms with Gasteiger partial charge in [-0.3, -0.25) is 23.7 Å². The van der Waals surface area contributed by atoms with E-state index in [1.807, 2.05) is 0 Å². The van der Waals surface area contributed by atoms with E-state index in [0.717, 1.165) is 36.3 Å². The van der Waals surface area contributed by atoms with E-state index >= 15 is 4.39 Å². The van der Waals surface area contributed by atoms with E-state index in [1.165, 1.54) is 43.3 Å². The van der Waals surface area contributed by atoms with Crippen molar-refractivity contribution in [1.29, 1.82) is 0 Å². The van der Waals surface area contributed by atoms with E-state index in [0.29, 0.717) is 47.2 Å². The Morgan fingerprint density at radius 1 is 0.951 bits per heavy atom. The lowest BCUT2D eigenvalue weighted by atomic mass is 10.1. The fourth-order valence-electron chi connectivity index (χ4n) is 4.75. The normalized spacial score (nSPS) is 14.6. The number of nitrogens with zero attached hydrogens (tertiary/aromatic N) is 3. The van der Waals surface area contributed by atoms with E-state index in [1.54, 1.807) is 18.2 Å². The van der Waals surface area contributed by atoms with E-state index in [4.69, 9.17) is 14.2 Å². The zero-order valence-corrected chi connectivity index (χ0v) is 22.7. The third-order valence-electron chi connectivity index (χ3n) is 7.39. The first-order valence-corrected chi connectivity index (χ1v) is 13.5. The van der Waals surface area contributed by atoms with Gasteiger partial charge in [-0.1, -0.05) is 0 Å². The number of anilines is 1. The maximum absolute atomic E-state index is 15.2. The molecular formula is C30H29FN4O6. The summed E-state index contributed by atoms with van der Waals surface area (Å²) in [5.41, 5.74) is -0.473. The van der Waals surface area contributed by atoms with Crippen LogP contribution in [0.5, 0.6) is 23.0 Å². The number of methoxy groups -OCH3 is 2. The molecule has 2 fully saturated rings. The summed E-state index contributed by atoms with van der Waals surface area (Å²) in [6.45, 7) is 0.763. The Balaban J connectivity index is 1.25. The molecule has 2 saturated carbocycles. The number of halogens is 1. The van der Waals surface area contributed by atoms with Crippen LogP contribution in [0.2, 0.25) is 0 Å². The van der Waals surface area contributed by atoms with Crippen LogP contribution in [0.3, 0.4) is 0 Å². The van der Waals surface area contributed by atoms with Gasteiger partial charge in [0, 0.05) is 48.7 Å². The minimum absolute atomic E-state index is 0.0740. The number of carbonyl (C=O) groups is 1. The van der Waals surface area contributed by atoms with Crippen molar-refractivity contribution in [1.82, 2.24) is 14.1 Å². The Morgan fingerprint density at radius 3 is 2.34 bits per heavy atom. The average Bonchev–Trinajstić information content (AvgIpc) is 3.90. The van der Waals surface area contributed by atoms with E-state index in [9.17, 15) is 14.4 Å². The second-order valence-electron chi connectivity index (χ2n) is 10.5. The van der Waals surface area contributed by atoms with Gasteiger partial charge in [-0.2, -0.15) is 0 Å². The first kappa shape index (κ1) is 26.5. The van der Waals surface area contributed by atoms with Crippen molar-refractivity contribution < 1.29 is 23.4 Å². The fraction of sp³-hybridized carbons (Fsp3) is 0.333. The molecule has 0 aliphatic heterocycles. The van der Waals surface area contributed by atoms with E-state index < -0.39 is 23.0 Å². The van der Waals surface area contributed by atoms with Crippen LogP contribution in [0.4, 0.5) is 10.1 Å². The van der Waals surface area contributed by atoms with Crippen LogP contribution in [0.25, 0.3) is 10.9 Å². The summed E-state index contributed by atoms with van der Waals surface area (Å²) in [6, 6.07) is 8.98. The summed E-state index contributed by atoms with van der Waals surface area (Å²) < 4.78 is 34.4. The maximum Gasteiger partial charge on any atom is 0.331 e. The second-order valence-corrected chi connectivity index (χ2v) is 10.5. The highest BCUT2D eigenvalue weighted by Gasteiger charge is 2.28. The first-order valence-electron chi connectivity index (χ1n) is 13.5. The lowest BCUT2D eigenvalue weighted by Gasteiger charge is -2.14. The summed E-state index contributed by atoms with van der Waals surface area (Å²) >= 11 is 0. The van der Waals surface area contributed by atoms with E-state index in [2.05, 4.69) is 10.3 Å². The Kier molecular flexibility index (Phi) is 6.94. The van der Waals surface area contributed by atoms with Crippen molar-refractivity contribution >= 4 is 22.5 Å². The number of hydrogen-bond acceptors (Lipinski definition) is 7. The Morgan fingerprint density at radius 2 is 1.66 bits per heavy atom. The molecule has 1 N–H and O–H groups in total. The standard InChI is InChI=1S/C30H29FN4O6/c1-39-26-12-20-23(13-27(26)40-2)32-10-9-24(20)41-25-8-7-19(11-22(25)31)33-28(36)21-16-34(14-17-3-4-17)30(38)35(29(21)37)15-18-5-6-18/h7-13,16-18H,3-6,14-15H2,1-2H3,(H,33,36). The first-order chi connectivity index (χ1) is 19.8. The smallest absolute Gasteiger partial charge is 0.331 e. The average molecular weight is 561 g/mol. The van der Waals surface area contributed by atoms with Gasteiger partial charge >= 0.3 is 5.69 Å². The molecule has 0 saturated heterocycles. The molecule has 2 aliphatic carbocycles. The summed E-state index contributed by atoms with van der Waals surface area (Å²) in [5, 5.41) is 3.19.